The predicted molar refractivity (Wildman–Crippen MR) is 75.6 cm³/mol. The molecule has 0 spiro atoms. The third-order valence-electron chi connectivity index (χ3n) is 5.66. The average Bonchev–Trinajstić information content (AvgIpc) is 2.83. The summed E-state index contributed by atoms with van der Waals surface area (Å²) in [4.78, 5) is 5.40. The SMILES string of the molecule is NCC1(N2CCC(CN3CCCC3)CC2)CCC1. The molecule has 0 aromatic heterocycles. The third kappa shape index (κ3) is 2.45. The van der Waals surface area contributed by atoms with E-state index in [2.05, 4.69) is 9.80 Å². The third-order valence-corrected chi connectivity index (χ3v) is 5.66. The number of hydrogen-bond donors (Lipinski definition) is 1. The van der Waals surface area contributed by atoms with Crippen molar-refractivity contribution >= 4 is 0 Å². The summed E-state index contributed by atoms with van der Waals surface area (Å²) in [6.45, 7) is 7.55. The van der Waals surface area contributed by atoms with Gasteiger partial charge in [-0.1, -0.05) is 0 Å². The first-order chi connectivity index (χ1) is 8.82. The molecule has 104 valence electrons. The van der Waals surface area contributed by atoms with Gasteiger partial charge < -0.3 is 10.6 Å². The number of hydrogen-bond acceptors (Lipinski definition) is 3. The van der Waals surface area contributed by atoms with Gasteiger partial charge in [-0.3, -0.25) is 4.90 Å². The van der Waals surface area contributed by atoms with Crippen molar-refractivity contribution in [2.24, 2.45) is 11.7 Å². The number of nitrogens with zero attached hydrogens (tertiary/aromatic N) is 2. The van der Waals surface area contributed by atoms with Crippen molar-refractivity contribution < 1.29 is 0 Å². The molecule has 2 heterocycles. The van der Waals surface area contributed by atoms with Gasteiger partial charge in [-0.25, -0.2) is 0 Å². The zero-order valence-electron chi connectivity index (χ0n) is 11.7. The van der Waals surface area contributed by atoms with Gasteiger partial charge in [-0.15, -0.1) is 0 Å². The maximum Gasteiger partial charge on any atom is 0.0331 e. The van der Waals surface area contributed by atoms with Crippen LogP contribution in [0.3, 0.4) is 0 Å². The van der Waals surface area contributed by atoms with E-state index in [1.54, 1.807) is 0 Å². The summed E-state index contributed by atoms with van der Waals surface area (Å²) in [5.41, 5.74) is 6.43. The fourth-order valence-electron chi connectivity index (χ4n) is 4.15. The first kappa shape index (κ1) is 12.9. The Labute approximate surface area is 112 Å². The van der Waals surface area contributed by atoms with Crippen molar-refractivity contribution in [3.63, 3.8) is 0 Å². The number of likely N-dealkylation sites (tertiary alicyclic amines) is 2. The molecule has 18 heavy (non-hydrogen) atoms. The largest absolute Gasteiger partial charge is 0.329 e. The van der Waals surface area contributed by atoms with E-state index >= 15 is 0 Å². The van der Waals surface area contributed by atoms with Crippen molar-refractivity contribution in [1.29, 1.82) is 0 Å². The topological polar surface area (TPSA) is 32.5 Å². The second kappa shape index (κ2) is 5.48. The minimum atomic E-state index is 0.415. The van der Waals surface area contributed by atoms with E-state index in [9.17, 15) is 0 Å². The van der Waals surface area contributed by atoms with Gasteiger partial charge in [0.2, 0.25) is 0 Å². The molecule has 0 atom stereocenters. The first-order valence-corrected chi connectivity index (χ1v) is 8.00. The van der Waals surface area contributed by atoms with Gasteiger partial charge in [0.05, 0.1) is 0 Å². The molecule has 3 nitrogen and oxygen atoms in total. The molecular weight excluding hydrogens is 222 g/mol. The molecule has 0 bridgehead atoms. The molecule has 1 saturated carbocycles. The minimum absolute atomic E-state index is 0.415. The standard InChI is InChI=1S/C15H29N3/c16-13-15(6-3-7-15)18-10-4-14(5-11-18)12-17-8-1-2-9-17/h14H,1-13,16H2. The van der Waals surface area contributed by atoms with Crippen LogP contribution in [0.4, 0.5) is 0 Å². The Kier molecular flexibility index (Phi) is 3.92. The average molecular weight is 251 g/mol. The van der Waals surface area contributed by atoms with Crippen molar-refractivity contribution in [1.82, 2.24) is 9.80 Å². The van der Waals surface area contributed by atoms with Crippen molar-refractivity contribution in [2.75, 3.05) is 39.3 Å². The Balaban J connectivity index is 1.45. The minimum Gasteiger partial charge on any atom is -0.329 e. The van der Waals surface area contributed by atoms with Crippen LogP contribution >= 0.6 is 0 Å². The fourth-order valence-corrected chi connectivity index (χ4v) is 4.15. The molecule has 2 N–H and O–H groups in total. The van der Waals surface area contributed by atoms with Crippen LogP contribution in [0, 0.1) is 5.92 Å². The van der Waals surface area contributed by atoms with Crippen LogP contribution in [0.25, 0.3) is 0 Å². The molecule has 0 aromatic rings. The molecule has 2 aliphatic heterocycles. The number of nitrogens with two attached hydrogens (primary N) is 1. The molecule has 3 fully saturated rings. The maximum atomic E-state index is 6.02. The van der Waals surface area contributed by atoms with E-state index in [0.29, 0.717) is 5.54 Å². The van der Waals surface area contributed by atoms with E-state index in [4.69, 9.17) is 5.73 Å². The van der Waals surface area contributed by atoms with Gasteiger partial charge in [0, 0.05) is 18.6 Å². The normalized spacial score (nSPS) is 30.5. The molecule has 0 amide bonds. The van der Waals surface area contributed by atoms with Gasteiger partial charge in [0.1, 0.15) is 0 Å². The molecule has 0 unspecified atom stereocenters. The molecule has 0 radical (unpaired) electrons. The summed E-state index contributed by atoms with van der Waals surface area (Å²) >= 11 is 0. The monoisotopic (exact) mass is 251 g/mol. The van der Waals surface area contributed by atoms with Gasteiger partial charge >= 0.3 is 0 Å². The predicted octanol–water partition coefficient (Wildman–Crippen LogP) is 1.68. The van der Waals surface area contributed by atoms with E-state index in [-0.39, 0.29) is 0 Å². The lowest BCUT2D eigenvalue weighted by molar-refractivity contribution is -0.00501. The van der Waals surface area contributed by atoms with E-state index in [1.165, 1.54) is 77.7 Å². The van der Waals surface area contributed by atoms with E-state index < -0.39 is 0 Å². The highest BCUT2D eigenvalue weighted by molar-refractivity contribution is 5.00. The smallest absolute Gasteiger partial charge is 0.0331 e. The zero-order valence-corrected chi connectivity index (χ0v) is 11.7. The van der Waals surface area contributed by atoms with E-state index in [1.807, 2.05) is 0 Å². The van der Waals surface area contributed by atoms with Gasteiger partial charge in [-0.05, 0) is 77.0 Å². The molecule has 0 aromatic carbocycles. The summed E-state index contributed by atoms with van der Waals surface area (Å²) in [6.07, 6.45) is 9.74. The van der Waals surface area contributed by atoms with Crippen molar-refractivity contribution in [3.05, 3.63) is 0 Å². The molecule has 3 rings (SSSR count). The van der Waals surface area contributed by atoms with Crippen LogP contribution in [0.1, 0.15) is 44.9 Å². The first-order valence-electron chi connectivity index (χ1n) is 8.00. The van der Waals surface area contributed by atoms with Gasteiger partial charge in [0.15, 0.2) is 0 Å². The molecule has 1 aliphatic carbocycles. The van der Waals surface area contributed by atoms with Crippen LogP contribution in [-0.2, 0) is 0 Å². The second-order valence-electron chi connectivity index (χ2n) is 6.72. The Morgan fingerprint density at radius 2 is 1.61 bits per heavy atom. The highest BCUT2D eigenvalue weighted by atomic mass is 15.2. The Hall–Kier alpha value is -0.120. The lowest BCUT2D eigenvalue weighted by Gasteiger charge is -2.52. The summed E-state index contributed by atoms with van der Waals surface area (Å²) in [7, 11) is 0. The summed E-state index contributed by atoms with van der Waals surface area (Å²) in [5, 5.41) is 0. The van der Waals surface area contributed by atoms with Crippen LogP contribution in [0.15, 0.2) is 0 Å². The van der Waals surface area contributed by atoms with Crippen LogP contribution in [0.2, 0.25) is 0 Å². The number of piperidine rings is 1. The lowest BCUT2D eigenvalue weighted by Crippen LogP contribution is -2.60. The Bertz CT molecular complexity index is 255. The van der Waals surface area contributed by atoms with Crippen LogP contribution in [-0.4, -0.2) is 54.6 Å². The lowest BCUT2D eigenvalue weighted by atomic mass is 9.74. The van der Waals surface area contributed by atoms with Gasteiger partial charge in [-0.2, -0.15) is 0 Å². The number of rotatable bonds is 4. The Morgan fingerprint density at radius 1 is 0.944 bits per heavy atom. The maximum absolute atomic E-state index is 6.02. The summed E-state index contributed by atoms with van der Waals surface area (Å²) in [5.74, 6) is 0.953. The van der Waals surface area contributed by atoms with E-state index in [0.717, 1.165) is 12.5 Å². The fraction of sp³-hybridized carbons (Fsp3) is 1.00. The van der Waals surface area contributed by atoms with Crippen molar-refractivity contribution in [3.8, 4) is 0 Å². The quantitative estimate of drug-likeness (QED) is 0.825. The summed E-state index contributed by atoms with van der Waals surface area (Å²) < 4.78 is 0. The van der Waals surface area contributed by atoms with Gasteiger partial charge in [0.25, 0.3) is 0 Å². The zero-order chi connectivity index (χ0) is 12.4. The highest BCUT2D eigenvalue weighted by Gasteiger charge is 2.42. The molecular formula is C15H29N3. The van der Waals surface area contributed by atoms with Crippen LogP contribution < -0.4 is 5.73 Å². The second-order valence-corrected chi connectivity index (χ2v) is 6.72. The van der Waals surface area contributed by atoms with Crippen LogP contribution in [0.5, 0.6) is 0 Å². The molecule has 3 aliphatic rings. The van der Waals surface area contributed by atoms with Crippen molar-refractivity contribution in [2.45, 2.75) is 50.5 Å². The molecule has 2 saturated heterocycles. The summed E-state index contributed by atoms with van der Waals surface area (Å²) in [6, 6.07) is 0. The highest BCUT2D eigenvalue weighted by Crippen LogP contribution is 2.39. The molecule has 3 heteroatoms. The Morgan fingerprint density at radius 3 is 2.11 bits per heavy atom.